The van der Waals surface area contributed by atoms with E-state index < -0.39 is 9.84 Å². The van der Waals surface area contributed by atoms with E-state index in [4.69, 9.17) is 0 Å². The molecule has 126 valence electrons. The molecule has 4 rings (SSSR count). The highest BCUT2D eigenvalue weighted by Gasteiger charge is 2.43. The highest BCUT2D eigenvalue weighted by atomic mass is 32.2. The number of fused-ring (bicyclic) bond motifs is 1. The maximum atomic E-state index is 13.1. The number of rotatable bonds is 1. The first-order valence-electron chi connectivity index (χ1n) is 8.74. The van der Waals surface area contributed by atoms with Crippen LogP contribution < -0.4 is 5.32 Å². The average molecular weight is 341 g/mol. The summed E-state index contributed by atoms with van der Waals surface area (Å²) in [4.78, 5) is 0.494. The second-order valence-electron chi connectivity index (χ2n) is 7.13. The van der Waals surface area contributed by atoms with Crippen molar-refractivity contribution in [1.29, 1.82) is 0 Å². The zero-order valence-corrected chi connectivity index (χ0v) is 14.6. The highest BCUT2D eigenvalue weighted by Crippen LogP contribution is 2.40. The van der Waals surface area contributed by atoms with Gasteiger partial charge in [0.1, 0.15) is 0 Å². The monoisotopic (exact) mass is 341 g/mol. The number of benzene rings is 2. The van der Waals surface area contributed by atoms with Gasteiger partial charge in [-0.3, -0.25) is 5.32 Å². The molecule has 0 saturated heterocycles. The Balaban J connectivity index is 1.89. The van der Waals surface area contributed by atoms with Crippen LogP contribution in [-0.4, -0.2) is 19.7 Å². The van der Waals surface area contributed by atoms with E-state index in [1.165, 1.54) is 6.42 Å². The van der Waals surface area contributed by atoms with Crippen LogP contribution in [0.25, 0.3) is 0 Å². The molecule has 0 aromatic heterocycles. The third-order valence-electron chi connectivity index (χ3n) is 5.43. The van der Waals surface area contributed by atoms with Crippen LogP contribution in [0, 0.1) is 0 Å². The minimum absolute atomic E-state index is 0.0715. The average Bonchev–Trinajstić information content (AvgIpc) is 2.69. The molecule has 1 heterocycles. The van der Waals surface area contributed by atoms with Crippen molar-refractivity contribution >= 4 is 9.84 Å². The molecule has 2 aromatic rings. The lowest BCUT2D eigenvalue weighted by molar-refractivity contribution is 0.243. The predicted molar refractivity (Wildman–Crippen MR) is 95.7 cm³/mol. The van der Waals surface area contributed by atoms with Crippen LogP contribution in [0.4, 0.5) is 0 Å². The minimum atomic E-state index is -3.29. The Bertz CT molecular complexity index is 824. The zero-order valence-electron chi connectivity index (χ0n) is 13.7. The van der Waals surface area contributed by atoms with E-state index in [2.05, 4.69) is 17.4 Å². The number of sulfone groups is 1. The van der Waals surface area contributed by atoms with Gasteiger partial charge in [-0.05, 0) is 30.0 Å². The van der Waals surface area contributed by atoms with E-state index in [0.29, 0.717) is 4.90 Å². The molecule has 2 aromatic carbocycles. The Hall–Kier alpha value is -1.65. The topological polar surface area (TPSA) is 46.2 Å². The molecular weight excluding hydrogens is 318 g/mol. The first kappa shape index (κ1) is 15.9. The van der Waals surface area contributed by atoms with Crippen LogP contribution in [-0.2, 0) is 9.84 Å². The van der Waals surface area contributed by atoms with Crippen LogP contribution in [0.2, 0.25) is 0 Å². The third-order valence-corrected chi connectivity index (χ3v) is 7.40. The molecule has 1 atom stereocenters. The quantitative estimate of drug-likeness (QED) is 0.857. The van der Waals surface area contributed by atoms with Crippen molar-refractivity contribution in [1.82, 2.24) is 5.32 Å². The number of hydrogen-bond donors (Lipinski definition) is 1. The molecule has 2 aliphatic rings. The van der Waals surface area contributed by atoms with Gasteiger partial charge in [-0.25, -0.2) is 8.42 Å². The smallest absolute Gasteiger partial charge is 0.180 e. The van der Waals surface area contributed by atoms with Crippen molar-refractivity contribution in [3.63, 3.8) is 0 Å². The third kappa shape index (κ3) is 2.78. The van der Waals surface area contributed by atoms with Gasteiger partial charge in [0.2, 0.25) is 0 Å². The molecule has 0 unspecified atom stereocenters. The summed E-state index contributed by atoms with van der Waals surface area (Å²) in [5, 5.41) is 3.78. The molecule has 0 bridgehead atoms. The summed E-state index contributed by atoms with van der Waals surface area (Å²) in [5.41, 5.74) is 1.70. The Morgan fingerprint density at radius 3 is 2.29 bits per heavy atom. The molecule has 1 aliphatic carbocycles. The molecule has 24 heavy (non-hydrogen) atoms. The molecular formula is C20H23NO2S. The Morgan fingerprint density at radius 1 is 0.875 bits per heavy atom. The summed E-state index contributed by atoms with van der Waals surface area (Å²) in [7, 11) is -3.29. The number of nitrogens with one attached hydrogen (secondary N) is 1. The SMILES string of the molecule is O=S1(=O)CC2(CCCCC2)N[C@@H](c2ccccc2)c2ccccc21. The fourth-order valence-corrected chi connectivity index (χ4v) is 6.38. The fourth-order valence-electron chi connectivity index (χ4n) is 4.29. The summed E-state index contributed by atoms with van der Waals surface area (Å²) >= 11 is 0. The van der Waals surface area contributed by atoms with Crippen LogP contribution in [0.3, 0.4) is 0 Å². The highest BCUT2D eigenvalue weighted by molar-refractivity contribution is 7.91. The minimum Gasteiger partial charge on any atom is -0.300 e. The fraction of sp³-hybridized carbons (Fsp3) is 0.400. The van der Waals surface area contributed by atoms with Crippen molar-refractivity contribution in [2.75, 3.05) is 5.75 Å². The van der Waals surface area contributed by atoms with Crippen molar-refractivity contribution in [2.45, 2.75) is 48.6 Å². The van der Waals surface area contributed by atoms with Gasteiger partial charge in [0.15, 0.2) is 9.84 Å². The zero-order chi connectivity index (χ0) is 16.6. The van der Waals surface area contributed by atoms with Gasteiger partial charge in [0.25, 0.3) is 0 Å². The molecule has 1 saturated carbocycles. The summed E-state index contributed by atoms with van der Waals surface area (Å²) in [5.74, 6) is 0.209. The van der Waals surface area contributed by atoms with Crippen molar-refractivity contribution < 1.29 is 8.42 Å². The van der Waals surface area contributed by atoms with E-state index in [1.807, 2.05) is 36.4 Å². The van der Waals surface area contributed by atoms with Gasteiger partial charge in [0.05, 0.1) is 16.7 Å². The summed E-state index contributed by atoms with van der Waals surface area (Å²) in [6, 6.07) is 17.6. The molecule has 0 radical (unpaired) electrons. The Kier molecular flexibility index (Phi) is 3.97. The van der Waals surface area contributed by atoms with E-state index in [-0.39, 0.29) is 17.3 Å². The van der Waals surface area contributed by atoms with Crippen LogP contribution in [0.5, 0.6) is 0 Å². The Morgan fingerprint density at radius 2 is 1.54 bits per heavy atom. The first-order chi connectivity index (χ1) is 11.6. The largest absolute Gasteiger partial charge is 0.300 e. The second-order valence-corrected chi connectivity index (χ2v) is 9.08. The molecule has 4 heteroatoms. The maximum Gasteiger partial charge on any atom is 0.180 e. The lowest BCUT2D eigenvalue weighted by atomic mass is 9.81. The van der Waals surface area contributed by atoms with Crippen molar-refractivity contribution in [2.24, 2.45) is 0 Å². The summed E-state index contributed by atoms with van der Waals surface area (Å²) in [6.07, 6.45) is 5.26. The molecule has 0 amide bonds. The molecule has 1 aliphatic heterocycles. The van der Waals surface area contributed by atoms with Crippen molar-refractivity contribution in [3.8, 4) is 0 Å². The standard InChI is InChI=1S/C20H23NO2S/c22-24(23)15-20(13-7-2-8-14-20)21-19(16-9-3-1-4-10-16)17-11-5-6-12-18(17)24/h1,3-6,9-12,19,21H,2,7-8,13-15H2/t19-/m0/s1. The summed E-state index contributed by atoms with van der Waals surface area (Å²) in [6.45, 7) is 0. The van der Waals surface area contributed by atoms with E-state index in [0.717, 1.165) is 36.8 Å². The normalized spacial score (nSPS) is 24.9. The molecule has 1 spiro atoms. The van der Waals surface area contributed by atoms with Crippen molar-refractivity contribution in [3.05, 3.63) is 65.7 Å². The van der Waals surface area contributed by atoms with Gasteiger partial charge in [0, 0.05) is 5.54 Å². The van der Waals surface area contributed by atoms with E-state index in [1.54, 1.807) is 6.07 Å². The summed E-state index contributed by atoms with van der Waals surface area (Å²) < 4.78 is 26.2. The van der Waals surface area contributed by atoms with E-state index in [9.17, 15) is 8.42 Å². The lowest BCUT2D eigenvalue weighted by Gasteiger charge is -2.39. The predicted octanol–water partition coefficient (Wildman–Crippen LogP) is 3.86. The first-order valence-corrected chi connectivity index (χ1v) is 10.4. The van der Waals surface area contributed by atoms with Gasteiger partial charge in [-0.15, -0.1) is 0 Å². The maximum absolute atomic E-state index is 13.1. The van der Waals surface area contributed by atoms with E-state index >= 15 is 0 Å². The van der Waals surface area contributed by atoms with Crippen LogP contribution in [0.1, 0.15) is 49.3 Å². The van der Waals surface area contributed by atoms with Gasteiger partial charge < -0.3 is 0 Å². The lowest BCUT2D eigenvalue weighted by Crippen LogP contribution is -2.51. The van der Waals surface area contributed by atoms with Gasteiger partial charge >= 0.3 is 0 Å². The molecule has 1 fully saturated rings. The van der Waals surface area contributed by atoms with Gasteiger partial charge in [-0.1, -0.05) is 67.8 Å². The second kappa shape index (κ2) is 6.01. The molecule has 1 N–H and O–H groups in total. The number of hydrogen-bond acceptors (Lipinski definition) is 3. The Labute approximate surface area is 144 Å². The molecule has 3 nitrogen and oxygen atoms in total. The van der Waals surface area contributed by atoms with Crippen LogP contribution in [0.15, 0.2) is 59.5 Å². The van der Waals surface area contributed by atoms with Crippen LogP contribution >= 0.6 is 0 Å². The van der Waals surface area contributed by atoms with Gasteiger partial charge in [-0.2, -0.15) is 0 Å².